The summed E-state index contributed by atoms with van der Waals surface area (Å²) in [7, 11) is 0. The summed E-state index contributed by atoms with van der Waals surface area (Å²) in [5, 5.41) is 11.8. The molecule has 4 aromatic rings. The van der Waals surface area contributed by atoms with Gasteiger partial charge in [-0.15, -0.1) is 21.5 Å². The molecule has 0 spiro atoms. The number of rotatable bonds is 10. The molecule has 0 saturated carbocycles. The second-order valence-electron chi connectivity index (χ2n) is 9.28. The third-order valence-electron chi connectivity index (χ3n) is 6.56. The van der Waals surface area contributed by atoms with E-state index < -0.39 is 0 Å². The van der Waals surface area contributed by atoms with Crippen LogP contribution in [0.5, 0.6) is 5.75 Å². The third-order valence-corrected chi connectivity index (χ3v) is 8.44. The quantitative estimate of drug-likeness (QED) is 0.200. The zero-order valence-corrected chi connectivity index (χ0v) is 23.4. The molecule has 0 bridgehead atoms. The topological polar surface area (TPSA) is 80.6 Å². The second-order valence-corrected chi connectivity index (χ2v) is 11.3. The van der Waals surface area contributed by atoms with E-state index in [9.17, 15) is 9.59 Å². The minimum atomic E-state index is -0.0562. The van der Waals surface area contributed by atoms with Crippen molar-refractivity contribution < 1.29 is 14.3 Å². The molecule has 2 amide bonds. The van der Waals surface area contributed by atoms with E-state index in [1.165, 1.54) is 0 Å². The Balaban J connectivity index is 1.10. The molecule has 39 heavy (non-hydrogen) atoms. The van der Waals surface area contributed by atoms with Gasteiger partial charge in [0.05, 0.1) is 4.88 Å². The fourth-order valence-corrected chi connectivity index (χ4v) is 6.17. The summed E-state index contributed by atoms with van der Waals surface area (Å²) in [6, 6.07) is 23.4. The Kier molecular flexibility index (Phi) is 8.95. The average molecular weight is 562 g/mol. The van der Waals surface area contributed by atoms with Crippen molar-refractivity contribution in [2.24, 2.45) is 0 Å². The van der Waals surface area contributed by atoms with Crippen molar-refractivity contribution in [3.8, 4) is 22.1 Å². The largest absolute Gasteiger partial charge is 0.484 e. The summed E-state index contributed by atoms with van der Waals surface area (Å²) < 4.78 is 7.70. The van der Waals surface area contributed by atoms with Crippen LogP contribution in [0.4, 0.5) is 0 Å². The van der Waals surface area contributed by atoms with E-state index in [1.807, 2.05) is 94.9 Å². The highest BCUT2D eigenvalue weighted by Gasteiger charge is 2.29. The number of nitrogens with zero attached hydrogens (tertiary/aromatic N) is 5. The van der Waals surface area contributed by atoms with E-state index in [0.717, 1.165) is 33.7 Å². The number of benzene rings is 2. The molecule has 5 rings (SSSR count). The zero-order chi connectivity index (χ0) is 27.0. The monoisotopic (exact) mass is 561 g/mol. The van der Waals surface area contributed by atoms with Crippen LogP contribution >= 0.6 is 23.1 Å². The van der Waals surface area contributed by atoms with Gasteiger partial charge in [-0.25, -0.2) is 0 Å². The van der Waals surface area contributed by atoms with E-state index in [2.05, 4.69) is 14.8 Å². The van der Waals surface area contributed by atoms with E-state index >= 15 is 0 Å². The van der Waals surface area contributed by atoms with Gasteiger partial charge < -0.3 is 14.5 Å². The van der Waals surface area contributed by atoms with Gasteiger partial charge in [0.2, 0.25) is 5.91 Å². The van der Waals surface area contributed by atoms with Gasteiger partial charge in [0.15, 0.2) is 17.6 Å². The predicted molar refractivity (Wildman–Crippen MR) is 154 cm³/mol. The van der Waals surface area contributed by atoms with Gasteiger partial charge in [-0.1, -0.05) is 54.2 Å². The van der Waals surface area contributed by atoms with Crippen molar-refractivity contribution in [1.82, 2.24) is 24.6 Å². The smallest absolute Gasteiger partial charge is 0.260 e. The van der Waals surface area contributed by atoms with Crippen LogP contribution < -0.4 is 4.74 Å². The average Bonchev–Trinajstić information content (AvgIpc) is 3.65. The zero-order valence-electron chi connectivity index (χ0n) is 21.8. The Labute approximate surface area is 236 Å². The third kappa shape index (κ3) is 6.69. The van der Waals surface area contributed by atoms with Gasteiger partial charge in [-0.2, -0.15) is 0 Å². The molecule has 3 heterocycles. The van der Waals surface area contributed by atoms with Crippen LogP contribution in [0.2, 0.25) is 0 Å². The summed E-state index contributed by atoms with van der Waals surface area (Å²) in [4.78, 5) is 30.4. The maximum atomic E-state index is 12.9. The highest BCUT2D eigenvalue weighted by Crippen LogP contribution is 2.30. The Bertz CT molecular complexity index is 1360. The van der Waals surface area contributed by atoms with Crippen LogP contribution in [-0.2, 0) is 9.59 Å². The first-order chi connectivity index (χ1) is 19.1. The Hall–Kier alpha value is -3.63. The van der Waals surface area contributed by atoms with Gasteiger partial charge in [-0.05, 0) is 49.1 Å². The van der Waals surface area contributed by atoms with Gasteiger partial charge in [-0.3, -0.25) is 14.2 Å². The lowest BCUT2D eigenvalue weighted by Gasteiger charge is -2.39. The number of hydrogen-bond acceptors (Lipinski definition) is 7. The molecule has 0 radical (unpaired) electrons. The lowest BCUT2D eigenvalue weighted by atomic mass is 10.1. The summed E-state index contributed by atoms with van der Waals surface area (Å²) in [6.45, 7) is 3.58. The molecule has 202 valence electrons. The van der Waals surface area contributed by atoms with Gasteiger partial charge >= 0.3 is 0 Å². The Morgan fingerprint density at radius 2 is 1.74 bits per heavy atom. The molecular weight excluding hydrogens is 530 g/mol. The van der Waals surface area contributed by atoms with Crippen LogP contribution in [-0.4, -0.2) is 74.4 Å². The first kappa shape index (κ1) is 27.0. The van der Waals surface area contributed by atoms with Crippen molar-refractivity contribution in [3.63, 3.8) is 0 Å². The maximum Gasteiger partial charge on any atom is 0.260 e. The van der Waals surface area contributed by atoms with E-state index in [0.29, 0.717) is 31.8 Å². The lowest BCUT2D eigenvalue weighted by molar-refractivity contribution is -0.143. The van der Waals surface area contributed by atoms with Crippen LogP contribution in [0.25, 0.3) is 16.4 Å². The molecule has 1 unspecified atom stereocenters. The maximum absolute atomic E-state index is 12.9. The first-order valence-electron chi connectivity index (χ1n) is 13.0. The van der Waals surface area contributed by atoms with E-state index in [4.69, 9.17) is 4.74 Å². The second kappa shape index (κ2) is 12.9. The Morgan fingerprint density at radius 1 is 0.974 bits per heavy atom. The summed E-state index contributed by atoms with van der Waals surface area (Å²) in [5.74, 6) is 2.32. The Morgan fingerprint density at radius 3 is 2.46 bits per heavy atom. The lowest BCUT2D eigenvalue weighted by Crippen LogP contribution is -2.56. The molecule has 0 N–H and O–H groups in total. The standard InChI is InChI=1S/C29H31N5O3S2/c1-22-20-32(16-17-33(22)27(36)21-37-24-12-6-3-7-13-24)26(35)15-9-19-39-29-31-30-28(25-14-8-18-38-25)34(29)23-10-4-2-5-11-23/h2-8,10-14,18,22H,9,15-17,19-21H2,1H3. The molecule has 1 fully saturated rings. The van der Waals surface area contributed by atoms with Crippen LogP contribution in [0.15, 0.2) is 83.3 Å². The molecule has 2 aromatic carbocycles. The number of para-hydroxylation sites is 2. The first-order valence-corrected chi connectivity index (χ1v) is 14.9. The number of thiophene rings is 1. The number of hydrogen-bond donors (Lipinski definition) is 0. The number of aromatic nitrogens is 3. The van der Waals surface area contributed by atoms with Crippen LogP contribution in [0.1, 0.15) is 19.8 Å². The van der Waals surface area contributed by atoms with Crippen molar-refractivity contribution in [2.75, 3.05) is 32.0 Å². The molecule has 1 saturated heterocycles. The van der Waals surface area contributed by atoms with Gasteiger partial charge in [0, 0.05) is 43.5 Å². The van der Waals surface area contributed by atoms with Gasteiger partial charge in [0.1, 0.15) is 5.75 Å². The summed E-state index contributed by atoms with van der Waals surface area (Å²) >= 11 is 3.25. The number of carbonyl (C=O) groups is 2. The highest BCUT2D eigenvalue weighted by atomic mass is 32.2. The predicted octanol–water partition coefficient (Wildman–Crippen LogP) is 5.01. The van der Waals surface area contributed by atoms with Crippen LogP contribution in [0, 0.1) is 0 Å². The summed E-state index contributed by atoms with van der Waals surface area (Å²) in [5.41, 5.74) is 1.01. The minimum Gasteiger partial charge on any atom is -0.484 e. The van der Waals surface area contributed by atoms with Gasteiger partial charge in [0.25, 0.3) is 5.91 Å². The number of thioether (sulfide) groups is 1. The summed E-state index contributed by atoms with van der Waals surface area (Å²) in [6.07, 6.45) is 1.19. The fourth-order valence-electron chi connectivity index (χ4n) is 4.58. The number of ether oxygens (including phenoxy) is 1. The van der Waals surface area contributed by atoms with E-state index in [-0.39, 0.29) is 24.5 Å². The number of carbonyl (C=O) groups excluding carboxylic acids is 2. The molecule has 10 heteroatoms. The minimum absolute atomic E-state index is 0.00131. The normalized spacial score (nSPS) is 15.4. The highest BCUT2D eigenvalue weighted by molar-refractivity contribution is 7.99. The van der Waals surface area contributed by atoms with Crippen molar-refractivity contribution >= 4 is 34.9 Å². The molecular formula is C29H31N5O3S2. The number of amides is 2. The van der Waals surface area contributed by atoms with E-state index in [1.54, 1.807) is 23.1 Å². The number of piperazine rings is 1. The van der Waals surface area contributed by atoms with Crippen molar-refractivity contribution in [3.05, 3.63) is 78.2 Å². The van der Waals surface area contributed by atoms with Crippen molar-refractivity contribution in [2.45, 2.75) is 31.0 Å². The van der Waals surface area contributed by atoms with Crippen molar-refractivity contribution in [1.29, 1.82) is 0 Å². The molecule has 8 nitrogen and oxygen atoms in total. The SMILES string of the molecule is CC1CN(C(=O)CCCSc2nnc(-c3cccs3)n2-c2ccccc2)CCN1C(=O)COc1ccccc1. The molecule has 1 atom stereocenters. The molecule has 1 aliphatic heterocycles. The fraction of sp³-hybridized carbons (Fsp3) is 0.310. The van der Waals surface area contributed by atoms with Crippen LogP contribution in [0.3, 0.4) is 0 Å². The molecule has 1 aliphatic rings. The molecule has 2 aromatic heterocycles. The molecule has 0 aliphatic carbocycles.